The molecular formula is C16H27Cl2N3O. The number of unbranched alkanes of at least 4 members (excludes halogenated alkanes) is 3. The first kappa shape index (κ1) is 21.0. The van der Waals surface area contributed by atoms with E-state index in [1.165, 1.54) is 0 Å². The number of carbonyl (C=O) groups excluding carboxylic acids is 1. The maximum atomic E-state index is 12.4. The summed E-state index contributed by atoms with van der Waals surface area (Å²) in [6, 6.07) is 8.14. The molecule has 1 aliphatic heterocycles. The van der Waals surface area contributed by atoms with Crippen LogP contribution in [0.15, 0.2) is 24.3 Å². The van der Waals surface area contributed by atoms with Gasteiger partial charge in [0.15, 0.2) is 0 Å². The number of fused-ring (bicyclic) bond motifs is 1. The van der Waals surface area contributed by atoms with Gasteiger partial charge in [0.2, 0.25) is 5.91 Å². The molecule has 0 fully saturated rings. The Balaban J connectivity index is 0.00000220. The number of nitrogens with two attached hydrogens (primary N) is 1. The number of nitrogens with zero attached hydrogens (tertiary/aromatic N) is 2. The third kappa shape index (κ3) is 5.34. The standard InChI is InChI=1S/C16H25N3O.2ClH/c1-18-12-13-19(15-9-6-5-8-14(15)18)16(20)10-4-2-3-7-11-17;;/h5-6,8-9H,2-4,7,10-13,17H2,1H3;2*1H. The molecule has 0 bridgehead atoms. The van der Waals surface area contributed by atoms with E-state index in [1.807, 2.05) is 23.1 Å². The van der Waals surface area contributed by atoms with E-state index >= 15 is 0 Å². The molecule has 126 valence electrons. The van der Waals surface area contributed by atoms with Crippen molar-refractivity contribution in [3.05, 3.63) is 24.3 Å². The Morgan fingerprint density at radius 3 is 2.36 bits per heavy atom. The van der Waals surface area contributed by atoms with Crippen LogP contribution in [0.25, 0.3) is 0 Å². The highest BCUT2D eigenvalue weighted by Gasteiger charge is 2.23. The molecule has 1 aliphatic rings. The summed E-state index contributed by atoms with van der Waals surface area (Å²) in [7, 11) is 2.08. The van der Waals surface area contributed by atoms with E-state index in [2.05, 4.69) is 18.0 Å². The highest BCUT2D eigenvalue weighted by Crippen LogP contribution is 2.32. The topological polar surface area (TPSA) is 49.6 Å². The number of anilines is 2. The first-order valence-corrected chi connectivity index (χ1v) is 7.54. The van der Waals surface area contributed by atoms with Crippen molar-refractivity contribution in [1.29, 1.82) is 0 Å². The van der Waals surface area contributed by atoms with Crippen LogP contribution in [0.2, 0.25) is 0 Å². The Bertz CT molecular complexity index is 457. The van der Waals surface area contributed by atoms with Crippen LogP contribution >= 0.6 is 24.8 Å². The summed E-state index contributed by atoms with van der Waals surface area (Å²) in [6.45, 7) is 2.44. The zero-order valence-corrected chi connectivity index (χ0v) is 14.8. The lowest BCUT2D eigenvalue weighted by Crippen LogP contribution is -2.42. The molecule has 2 rings (SSSR count). The summed E-state index contributed by atoms with van der Waals surface area (Å²) < 4.78 is 0. The molecule has 1 aromatic carbocycles. The minimum Gasteiger partial charge on any atom is -0.371 e. The molecular weight excluding hydrogens is 321 g/mol. The summed E-state index contributed by atoms with van der Waals surface area (Å²) in [4.78, 5) is 16.5. The number of hydrogen-bond acceptors (Lipinski definition) is 3. The summed E-state index contributed by atoms with van der Waals surface area (Å²) in [5.74, 6) is 0.248. The van der Waals surface area contributed by atoms with Crippen molar-refractivity contribution in [3.63, 3.8) is 0 Å². The minimum absolute atomic E-state index is 0. The first-order valence-electron chi connectivity index (χ1n) is 7.54. The van der Waals surface area contributed by atoms with Gasteiger partial charge in [0, 0.05) is 26.6 Å². The Morgan fingerprint density at radius 1 is 1.05 bits per heavy atom. The second-order valence-corrected chi connectivity index (χ2v) is 5.41. The predicted octanol–water partition coefficient (Wildman–Crippen LogP) is 3.22. The van der Waals surface area contributed by atoms with Gasteiger partial charge in [-0.3, -0.25) is 4.79 Å². The minimum atomic E-state index is 0. The largest absolute Gasteiger partial charge is 0.371 e. The zero-order valence-electron chi connectivity index (χ0n) is 13.2. The lowest BCUT2D eigenvalue weighted by Gasteiger charge is -2.35. The fourth-order valence-electron chi connectivity index (χ4n) is 2.67. The fourth-order valence-corrected chi connectivity index (χ4v) is 2.67. The summed E-state index contributed by atoms with van der Waals surface area (Å²) in [6.07, 6.45) is 4.89. The van der Waals surface area contributed by atoms with Crippen molar-refractivity contribution in [2.45, 2.75) is 32.1 Å². The van der Waals surface area contributed by atoms with Crippen LogP contribution in [0.5, 0.6) is 0 Å². The van der Waals surface area contributed by atoms with Crippen LogP contribution in [-0.4, -0.2) is 32.6 Å². The molecule has 0 radical (unpaired) electrons. The molecule has 22 heavy (non-hydrogen) atoms. The van der Waals surface area contributed by atoms with Crippen LogP contribution in [0.1, 0.15) is 32.1 Å². The van der Waals surface area contributed by atoms with Crippen LogP contribution in [0, 0.1) is 0 Å². The number of hydrogen-bond donors (Lipinski definition) is 1. The molecule has 0 saturated heterocycles. The van der Waals surface area contributed by atoms with Crippen LogP contribution in [0.4, 0.5) is 11.4 Å². The van der Waals surface area contributed by atoms with Gasteiger partial charge in [-0.2, -0.15) is 0 Å². The molecule has 0 saturated carbocycles. The van der Waals surface area contributed by atoms with Gasteiger partial charge in [-0.15, -0.1) is 24.8 Å². The Labute approximate surface area is 145 Å². The molecule has 0 aliphatic carbocycles. The number of carbonyl (C=O) groups is 1. The number of amides is 1. The predicted molar refractivity (Wildman–Crippen MR) is 98.7 cm³/mol. The molecule has 0 spiro atoms. The molecule has 0 unspecified atom stereocenters. The van der Waals surface area contributed by atoms with Gasteiger partial charge in [0.05, 0.1) is 11.4 Å². The van der Waals surface area contributed by atoms with E-state index in [4.69, 9.17) is 5.73 Å². The Hall–Kier alpha value is -0.970. The van der Waals surface area contributed by atoms with E-state index in [0.29, 0.717) is 6.42 Å². The monoisotopic (exact) mass is 347 g/mol. The molecule has 0 aromatic heterocycles. The molecule has 1 amide bonds. The SMILES string of the molecule is CN1CCN(C(=O)CCCCCCN)c2ccccc21.Cl.Cl. The molecule has 2 N–H and O–H groups in total. The lowest BCUT2D eigenvalue weighted by atomic mass is 10.1. The number of rotatable bonds is 6. The van der Waals surface area contributed by atoms with E-state index in [0.717, 1.165) is 56.7 Å². The van der Waals surface area contributed by atoms with Gasteiger partial charge in [0.25, 0.3) is 0 Å². The smallest absolute Gasteiger partial charge is 0.227 e. The van der Waals surface area contributed by atoms with Crippen LogP contribution in [-0.2, 0) is 4.79 Å². The quantitative estimate of drug-likeness (QED) is 0.803. The Morgan fingerprint density at radius 2 is 1.68 bits per heavy atom. The summed E-state index contributed by atoms with van der Waals surface area (Å²) in [5, 5.41) is 0. The van der Waals surface area contributed by atoms with Gasteiger partial charge in [-0.25, -0.2) is 0 Å². The highest BCUT2D eigenvalue weighted by molar-refractivity contribution is 5.97. The second-order valence-electron chi connectivity index (χ2n) is 5.41. The van der Waals surface area contributed by atoms with E-state index in [-0.39, 0.29) is 30.7 Å². The van der Waals surface area contributed by atoms with Crippen molar-refractivity contribution >= 4 is 42.1 Å². The van der Waals surface area contributed by atoms with Crippen molar-refractivity contribution in [2.24, 2.45) is 5.73 Å². The number of para-hydroxylation sites is 2. The number of likely N-dealkylation sites (N-methyl/N-ethyl adjacent to an activating group) is 1. The van der Waals surface area contributed by atoms with Crippen LogP contribution < -0.4 is 15.5 Å². The zero-order chi connectivity index (χ0) is 14.4. The maximum absolute atomic E-state index is 12.4. The summed E-state index contributed by atoms with van der Waals surface area (Å²) in [5.41, 5.74) is 7.67. The summed E-state index contributed by atoms with van der Waals surface area (Å²) >= 11 is 0. The lowest BCUT2D eigenvalue weighted by molar-refractivity contribution is -0.118. The van der Waals surface area contributed by atoms with Gasteiger partial charge in [-0.1, -0.05) is 25.0 Å². The molecule has 1 heterocycles. The average Bonchev–Trinajstić information content (AvgIpc) is 2.47. The molecule has 4 nitrogen and oxygen atoms in total. The molecule has 1 aromatic rings. The van der Waals surface area contributed by atoms with Gasteiger partial charge >= 0.3 is 0 Å². The Kier molecular flexibility index (Phi) is 10.2. The van der Waals surface area contributed by atoms with Crippen molar-refractivity contribution < 1.29 is 4.79 Å². The second kappa shape index (κ2) is 10.7. The average molecular weight is 348 g/mol. The van der Waals surface area contributed by atoms with Crippen molar-refractivity contribution in [3.8, 4) is 0 Å². The van der Waals surface area contributed by atoms with E-state index < -0.39 is 0 Å². The van der Waals surface area contributed by atoms with E-state index in [1.54, 1.807) is 0 Å². The highest BCUT2D eigenvalue weighted by atomic mass is 35.5. The van der Waals surface area contributed by atoms with Crippen LogP contribution in [0.3, 0.4) is 0 Å². The molecule has 6 heteroatoms. The van der Waals surface area contributed by atoms with E-state index in [9.17, 15) is 4.79 Å². The van der Waals surface area contributed by atoms with Crippen molar-refractivity contribution in [1.82, 2.24) is 0 Å². The number of benzene rings is 1. The number of halogens is 2. The maximum Gasteiger partial charge on any atom is 0.227 e. The van der Waals surface area contributed by atoms with Gasteiger partial charge < -0.3 is 15.5 Å². The fraction of sp³-hybridized carbons (Fsp3) is 0.562. The third-order valence-electron chi connectivity index (χ3n) is 3.89. The normalized spacial score (nSPS) is 13.0. The van der Waals surface area contributed by atoms with Gasteiger partial charge in [-0.05, 0) is 31.5 Å². The third-order valence-corrected chi connectivity index (χ3v) is 3.89. The van der Waals surface area contributed by atoms with Gasteiger partial charge in [0.1, 0.15) is 0 Å². The first-order chi connectivity index (χ1) is 9.74. The molecule has 0 atom stereocenters. The van der Waals surface area contributed by atoms with Crippen molar-refractivity contribution in [2.75, 3.05) is 36.5 Å².